The summed E-state index contributed by atoms with van der Waals surface area (Å²) in [6, 6.07) is 19.7. The second-order valence-corrected chi connectivity index (χ2v) is 9.52. The largest absolute Gasteiger partial charge is 0.480 e. The Morgan fingerprint density at radius 1 is 0.921 bits per heavy atom. The van der Waals surface area contributed by atoms with Crippen LogP contribution in [-0.4, -0.2) is 37.8 Å². The van der Waals surface area contributed by atoms with Crippen molar-refractivity contribution in [2.45, 2.75) is 18.0 Å². The van der Waals surface area contributed by atoms with Crippen LogP contribution in [-0.2, 0) is 16.7 Å². The zero-order valence-electron chi connectivity index (χ0n) is 19.6. The summed E-state index contributed by atoms with van der Waals surface area (Å²) in [5.74, 6) is -0.0000296. The molecule has 12 heteroatoms. The van der Waals surface area contributed by atoms with Gasteiger partial charge in [-0.1, -0.05) is 41.9 Å². The van der Waals surface area contributed by atoms with Gasteiger partial charge in [0, 0.05) is 27.8 Å². The van der Waals surface area contributed by atoms with E-state index in [0.29, 0.717) is 22.0 Å². The van der Waals surface area contributed by atoms with E-state index >= 15 is 0 Å². The number of anilines is 3. The summed E-state index contributed by atoms with van der Waals surface area (Å²) in [7, 11) is 0. The molecule has 0 aliphatic heterocycles. The standard InChI is InChI=1S/C26H21ClF3N5O2S/c27-19-10-6-17(7-11-19)22-33-24(31-20-12-8-18(9-13-20)26(28,29)30)35-25(34-22)32-21(23(36)37)15-38-14-16-4-2-1-3-5-16/h1-13,21H,14-15H2,(H,36,37)(H2,31,32,33,34,35)/t21-/m0/s1. The molecule has 3 aromatic carbocycles. The summed E-state index contributed by atoms with van der Waals surface area (Å²) < 4.78 is 38.8. The van der Waals surface area contributed by atoms with E-state index < -0.39 is 23.8 Å². The van der Waals surface area contributed by atoms with Gasteiger partial charge in [0.25, 0.3) is 0 Å². The van der Waals surface area contributed by atoms with Gasteiger partial charge in [-0.05, 0) is 54.1 Å². The van der Waals surface area contributed by atoms with Crippen LogP contribution < -0.4 is 10.6 Å². The fourth-order valence-corrected chi connectivity index (χ4v) is 4.43. The van der Waals surface area contributed by atoms with Crippen molar-refractivity contribution in [3.63, 3.8) is 0 Å². The number of halogens is 4. The van der Waals surface area contributed by atoms with Crippen LogP contribution in [0, 0.1) is 0 Å². The SMILES string of the molecule is O=C(O)[C@H](CSCc1ccccc1)Nc1nc(Nc2ccc(C(F)(F)F)cc2)nc(-c2ccc(Cl)cc2)n1. The van der Waals surface area contributed by atoms with Gasteiger partial charge in [-0.2, -0.15) is 39.9 Å². The number of nitrogens with zero attached hydrogens (tertiary/aromatic N) is 3. The molecule has 1 atom stereocenters. The Bertz CT molecular complexity index is 1370. The number of aliphatic carboxylic acids is 1. The van der Waals surface area contributed by atoms with Crippen LogP contribution in [0.25, 0.3) is 11.4 Å². The summed E-state index contributed by atoms with van der Waals surface area (Å²) in [5.41, 5.74) is 1.17. The maximum Gasteiger partial charge on any atom is 0.416 e. The number of rotatable bonds is 10. The fraction of sp³-hybridized carbons (Fsp3) is 0.154. The van der Waals surface area contributed by atoms with E-state index in [9.17, 15) is 23.1 Å². The molecular formula is C26H21ClF3N5O2S. The number of carboxylic acid groups (broad SMARTS) is 1. The molecule has 0 unspecified atom stereocenters. The van der Waals surface area contributed by atoms with Crippen molar-refractivity contribution in [2.75, 3.05) is 16.4 Å². The molecule has 0 saturated heterocycles. The summed E-state index contributed by atoms with van der Waals surface area (Å²) in [4.78, 5) is 25.0. The minimum atomic E-state index is -4.46. The lowest BCUT2D eigenvalue weighted by atomic mass is 10.2. The highest BCUT2D eigenvalue weighted by molar-refractivity contribution is 7.98. The lowest BCUT2D eigenvalue weighted by Crippen LogP contribution is -2.32. The van der Waals surface area contributed by atoms with Crippen molar-refractivity contribution in [3.05, 3.63) is 95.0 Å². The molecule has 0 spiro atoms. The van der Waals surface area contributed by atoms with Crippen LogP contribution in [0.5, 0.6) is 0 Å². The molecule has 0 bridgehead atoms. The summed E-state index contributed by atoms with van der Waals surface area (Å²) in [5, 5.41) is 16.0. The van der Waals surface area contributed by atoms with Crippen LogP contribution in [0.3, 0.4) is 0 Å². The average molecular weight is 560 g/mol. The highest BCUT2D eigenvalue weighted by Crippen LogP contribution is 2.30. The molecular weight excluding hydrogens is 539 g/mol. The van der Waals surface area contributed by atoms with Gasteiger partial charge < -0.3 is 15.7 Å². The normalized spacial score (nSPS) is 12.1. The van der Waals surface area contributed by atoms with Gasteiger partial charge in [0.15, 0.2) is 5.82 Å². The van der Waals surface area contributed by atoms with E-state index in [2.05, 4.69) is 25.6 Å². The van der Waals surface area contributed by atoms with E-state index in [1.54, 1.807) is 24.3 Å². The zero-order valence-corrected chi connectivity index (χ0v) is 21.2. The first-order valence-electron chi connectivity index (χ1n) is 11.2. The average Bonchev–Trinajstić information content (AvgIpc) is 2.89. The van der Waals surface area contributed by atoms with Gasteiger partial charge in [-0.25, -0.2) is 4.79 Å². The van der Waals surface area contributed by atoms with Gasteiger partial charge in [0.1, 0.15) is 6.04 Å². The van der Waals surface area contributed by atoms with Crippen LogP contribution in [0.15, 0.2) is 78.9 Å². The molecule has 0 radical (unpaired) electrons. The fourth-order valence-electron chi connectivity index (χ4n) is 3.30. The maximum absolute atomic E-state index is 12.9. The molecule has 1 aromatic heterocycles. The monoisotopic (exact) mass is 559 g/mol. The number of carboxylic acids is 1. The van der Waals surface area contributed by atoms with Crippen LogP contribution in [0.2, 0.25) is 5.02 Å². The van der Waals surface area contributed by atoms with E-state index in [0.717, 1.165) is 17.7 Å². The first-order valence-corrected chi connectivity index (χ1v) is 12.8. The molecule has 7 nitrogen and oxygen atoms in total. The van der Waals surface area contributed by atoms with Gasteiger partial charge in [0.05, 0.1) is 5.56 Å². The first kappa shape index (κ1) is 27.2. The van der Waals surface area contributed by atoms with Crippen LogP contribution in [0.4, 0.5) is 30.8 Å². The number of hydrogen-bond acceptors (Lipinski definition) is 7. The predicted molar refractivity (Wildman–Crippen MR) is 143 cm³/mol. The molecule has 38 heavy (non-hydrogen) atoms. The van der Waals surface area contributed by atoms with E-state index in [4.69, 9.17) is 11.6 Å². The van der Waals surface area contributed by atoms with Crippen molar-refractivity contribution >= 4 is 46.9 Å². The molecule has 0 aliphatic carbocycles. The minimum absolute atomic E-state index is 0.00734. The van der Waals surface area contributed by atoms with Gasteiger partial charge in [-0.15, -0.1) is 0 Å². The third-order valence-corrected chi connectivity index (χ3v) is 6.56. The van der Waals surface area contributed by atoms with Crippen molar-refractivity contribution in [1.82, 2.24) is 15.0 Å². The van der Waals surface area contributed by atoms with Gasteiger partial charge >= 0.3 is 12.1 Å². The predicted octanol–water partition coefficient (Wildman–Crippen LogP) is 6.75. The van der Waals surface area contributed by atoms with Crippen molar-refractivity contribution in [1.29, 1.82) is 0 Å². The number of thioether (sulfide) groups is 1. The lowest BCUT2D eigenvalue weighted by molar-refractivity contribution is -0.138. The topological polar surface area (TPSA) is 100 Å². The van der Waals surface area contributed by atoms with Crippen LogP contribution in [0.1, 0.15) is 11.1 Å². The summed E-state index contributed by atoms with van der Waals surface area (Å²) >= 11 is 7.42. The Morgan fingerprint density at radius 3 is 2.21 bits per heavy atom. The number of hydrogen-bond donors (Lipinski definition) is 3. The van der Waals surface area contributed by atoms with E-state index in [1.807, 2.05) is 30.3 Å². The number of aromatic nitrogens is 3. The summed E-state index contributed by atoms with van der Waals surface area (Å²) in [6.07, 6.45) is -4.46. The summed E-state index contributed by atoms with van der Waals surface area (Å²) in [6.45, 7) is 0. The van der Waals surface area contributed by atoms with E-state index in [1.165, 1.54) is 23.9 Å². The number of alkyl halides is 3. The Labute approximate surface area is 225 Å². The molecule has 4 aromatic rings. The second kappa shape index (κ2) is 12.1. The number of carbonyl (C=O) groups is 1. The molecule has 0 amide bonds. The third kappa shape index (κ3) is 7.59. The molecule has 3 N–H and O–H groups in total. The third-order valence-electron chi connectivity index (χ3n) is 5.20. The molecule has 4 rings (SSSR count). The molecule has 0 saturated carbocycles. The Balaban J connectivity index is 1.57. The quantitative estimate of drug-likeness (QED) is 0.196. The van der Waals surface area contributed by atoms with E-state index in [-0.39, 0.29) is 23.5 Å². The smallest absolute Gasteiger partial charge is 0.416 e. The minimum Gasteiger partial charge on any atom is -0.480 e. The Morgan fingerprint density at radius 2 is 1.58 bits per heavy atom. The van der Waals surface area contributed by atoms with Gasteiger partial charge in [0.2, 0.25) is 11.9 Å². The second-order valence-electron chi connectivity index (χ2n) is 8.05. The molecule has 196 valence electrons. The van der Waals surface area contributed by atoms with Crippen LogP contribution >= 0.6 is 23.4 Å². The van der Waals surface area contributed by atoms with Crippen molar-refractivity contribution in [3.8, 4) is 11.4 Å². The van der Waals surface area contributed by atoms with Gasteiger partial charge in [-0.3, -0.25) is 0 Å². The molecule has 1 heterocycles. The molecule has 0 fully saturated rings. The van der Waals surface area contributed by atoms with Crippen molar-refractivity contribution in [2.24, 2.45) is 0 Å². The van der Waals surface area contributed by atoms with Crippen molar-refractivity contribution < 1.29 is 23.1 Å². The molecule has 0 aliphatic rings. The lowest BCUT2D eigenvalue weighted by Gasteiger charge is -2.16. The number of nitrogens with one attached hydrogen (secondary N) is 2. The number of benzene rings is 3. The highest BCUT2D eigenvalue weighted by Gasteiger charge is 2.30. The first-order chi connectivity index (χ1) is 18.2. The zero-order chi connectivity index (χ0) is 27.1. The maximum atomic E-state index is 12.9. The highest BCUT2D eigenvalue weighted by atomic mass is 35.5. The Hall–Kier alpha value is -3.83. The Kier molecular flexibility index (Phi) is 8.70.